The van der Waals surface area contributed by atoms with E-state index in [1.54, 1.807) is 6.92 Å². The van der Waals surface area contributed by atoms with Gasteiger partial charge in [0.2, 0.25) is 5.91 Å². The maximum Gasteiger partial charge on any atom is 0.221 e. The van der Waals surface area contributed by atoms with E-state index in [0.29, 0.717) is 6.04 Å². The molecule has 0 saturated carbocycles. The Labute approximate surface area is 145 Å². The van der Waals surface area contributed by atoms with Crippen LogP contribution in [-0.2, 0) is 11.2 Å². The first kappa shape index (κ1) is 18.2. The number of unbranched alkanes of at least 4 members (excludes halogenated alkanes) is 1. The highest BCUT2D eigenvalue weighted by molar-refractivity contribution is 5.88. The predicted molar refractivity (Wildman–Crippen MR) is 101 cm³/mol. The normalized spacial score (nSPS) is 11.9. The predicted octanol–water partition coefficient (Wildman–Crippen LogP) is 4.71. The molecule has 2 rings (SSSR count). The van der Waals surface area contributed by atoms with Crippen LogP contribution in [0.15, 0.2) is 54.6 Å². The molecule has 0 bridgehead atoms. The molecular weight excluding hydrogens is 296 g/mol. The average Bonchev–Trinajstić information content (AvgIpc) is 2.58. The molecule has 0 aromatic heterocycles. The second-order valence-corrected chi connectivity index (χ2v) is 6.19. The largest absolute Gasteiger partial charge is 0.326 e. The smallest absolute Gasteiger partial charge is 0.221 e. The number of nitrogens with one attached hydrogen (secondary N) is 2. The zero-order chi connectivity index (χ0) is 17.2. The summed E-state index contributed by atoms with van der Waals surface area (Å²) in [6, 6.07) is 19.0. The monoisotopic (exact) mass is 324 g/mol. The molecule has 128 valence electrons. The van der Waals surface area contributed by atoms with Gasteiger partial charge in [-0.15, -0.1) is 0 Å². The van der Waals surface area contributed by atoms with Crippen molar-refractivity contribution in [3.63, 3.8) is 0 Å². The van der Waals surface area contributed by atoms with E-state index >= 15 is 0 Å². The highest BCUT2D eigenvalue weighted by Crippen LogP contribution is 2.22. The number of hydrogen-bond donors (Lipinski definition) is 2. The molecule has 3 heteroatoms. The van der Waals surface area contributed by atoms with E-state index in [2.05, 4.69) is 60.0 Å². The summed E-state index contributed by atoms with van der Waals surface area (Å²) in [5, 5.41) is 6.56. The fourth-order valence-corrected chi connectivity index (χ4v) is 2.87. The summed E-state index contributed by atoms with van der Waals surface area (Å²) < 4.78 is 0. The second-order valence-electron chi connectivity index (χ2n) is 6.19. The van der Waals surface area contributed by atoms with E-state index in [0.717, 1.165) is 25.1 Å². The molecule has 0 radical (unpaired) electrons. The molecule has 0 saturated heterocycles. The number of rotatable bonds is 9. The third kappa shape index (κ3) is 6.17. The van der Waals surface area contributed by atoms with Gasteiger partial charge < -0.3 is 10.6 Å². The van der Waals surface area contributed by atoms with Crippen LogP contribution in [-0.4, -0.2) is 12.5 Å². The van der Waals surface area contributed by atoms with Gasteiger partial charge in [-0.05, 0) is 42.6 Å². The number of hydrogen-bond acceptors (Lipinski definition) is 2. The van der Waals surface area contributed by atoms with Crippen molar-refractivity contribution >= 4 is 11.6 Å². The van der Waals surface area contributed by atoms with Crippen molar-refractivity contribution in [3.8, 4) is 0 Å². The Balaban J connectivity index is 2.00. The van der Waals surface area contributed by atoms with Gasteiger partial charge >= 0.3 is 0 Å². The lowest BCUT2D eigenvalue weighted by Crippen LogP contribution is -2.24. The number of carbonyl (C=O) groups is 1. The van der Waals surface area contributed by atoms with Crippen molar-refractivity contribution in [1.29, 1.82) is 0 Å². The Morgan fingerprint density at radius 1 is 1.08 bits per heavy atom. The first-order valence-corrected chi connectivity index (χ1v) is 8.84. The van der Waals surface area contributed by atoms with Gasteiger partial charge in [0.05, 0.1) is 0 Å². The molecule has 0 heterocycles. The topological polar surface area (TPSA) is 41.1 Å². The van der Waals surface area contributed by atoms with Crippen molar-refractivity contribution in [2.75, 3.05) is 11.9 Å². The Morgan fingerprint density at radius 3 is 2.58 bits per heavy atom. The van der Waals surface area contributed by atoms with Crippen LogP contribution in [0.25, 0.3) is 0 Å². The zero-order valence-electron chi connectivity index (χ0n) is 14.7. The van der Waals surface area contributed by atoms with Gasteiger partial charge in [0, 0.05) is 18.7 Å². The maximum atomic E-state index is 11.3. The lowest BCUT2D eigenvalue weighted by molar-refractivity contribution is -0.114. The summed E-state index contributed by atoms with van der Waals surface area (Å²) in [7, 11) is 0. The maximum absolute atomic E-state index is 11.3. The lowest BCUT2D eigenvalue weighted by atomic mass is 10.00. The molecule has 3 nitrogen and oxygen atoms in total. The average molecular weight is 324 g/mol. The van der Waals surface area contributed by atoms with Crippen LogP contribution in [0.1, 0.15) is 50.3 Å². The number of amides is 1. The Kier molecular flexibility index (Phi) is 7.50. The van der Waals surface area contributed by atoms with Gasteiger partial charge in [0.1, 0.15) is 0 Å². The summed E-state index contributed by atoms with van der Waals surface area (Å²) in [6.45, 7) is 4.71. The summed E-state index contributed by atoms with van der Waals surface area (Å²) >= 11 is 0. The Bertz CT molecular complexity index is 625. The Hall–Kier alpha value is -2.13. The minimum atomic E-state index is -0.0331. The summed E-state index contributed by atoms with van der Waals surface area (Å²) in [4.78, 5) is 11.3. The minimum absolute atomic E-state index is 0.0331. The fraction of sp³-hybridized carbons (Fsp3) is 0.381. The number of benzene rings is 2. The Morgan fingerprint density at radius 2 is 1.88 bits per heavy atom. The van der Waals surface area contributed by atoms with Crippen LogP contribution in [0.2, 0.25) is 0 Å². The molecule has 0 aliphatic carbocycles. The third-order valence-corrected chi connectivity index (χ3v) is 4.10. The van der Waals surface area contributed by atoms with E-state index in [-0.39, 0.29) is 5.91 Å². The van der Waals surface area contributed by atoms with Crippen molar-refractivity contribution in [2.45, 2.75) is 45.6 Å². The van der Waals surface area contributed by atoms with Crippen molar-refractivity contribution in [3.05, 3.63) is 65.7 Å². The van der Waals surface area contributed by atoms with Crippen LogP contribution < -0.4 is 10.6 Å². The first-order chi connectivity index (χ1) is 11.7. The quantitative estimate of drug-likeness (QED) is 0.701. The lowest BCUT2D eigenvalue weighted by Gasteiger charge is -2.20. The van der Waals surface area contributed by atoms with Crippen LogP contribution >= 0.6 is 0 Å². The SMILES string of the molecule is CCCCC(NCCc1ccccc1)c1cccc(NC(C)=O)c1. The van der Waals surface area contributed by atoms with Gasteiger partial charge in [-0.1, -0.05) is 62.2 Å². The molecule has 0 fully saturated rings. The van der Waals surface area contributed by atoms with Crippen LogP contribution in [0.5, 0.6) is 0 Å². The molecule has 0 aliphatic rings. The molecule has 1 amide bonds. The number of anilines is 1. The van der Waals surface area contributed by atoms with Crippen LogP contribution in [0.3, 0.4) is 0 Å². The van der Waals surface area contributed by atoms with E-state index in [9.17, 15) is 4.79 Å². The molecule has 24 heavy (non-hydrogen) atoms. The molecule has 0 spiro atoms. The molecule has 2 aromatic carbocycles. The molecule has 0 aliphatic heterocycles. The second kappa shape index (κ2) is 9.89. The molecule has 1 unspecified atom stereocenters. The van der Waals surface area contributed by atoms with E-state index in [1.165, 1.54) is 24.0 Å². The summed E-state index contributed by atoms with van der Waals surface area (Å²) in [5.41, 5.74) is 3.46. The number of carbonyl (C=O) groups excluding carboxylic acids is 1. The van der Waals surface area contributed by atoms with Gasteiger partial charge in [0.25, 0.3) is 0 Å². The van der Waals surface area contributed by atoms with E-state index in [4.69, 9.17) is 0 Å². The zero-order valence-corrected chi connectivity index (χ0v) is 14.7. The van der Waals surface area contributed by atoms with Crippen LogP contribution in [0.4, 0.5) is 5.69 Å². The first-order valence-electron chi connectivity index (χ1n) is 8.84. The highest BCUT2D eigenvalue weighted by atomic mass is 16.1. The molecule has 2 N–H and O–H groups in total. The van der Waals surface area contributed by atoms with Crippen LogP contribution in [0, 0.1) is 0 Å². The van der Waals surface area contributed by atoms with Gasteiger partial charge in [0.15, 0.2) is 0 Å². The third-order valence-electron chi connectivity index (χ3n) is 4.10. The van der Waals surface area contributed by atoms with Crippen molar-refractivity contribution < 1.29 is 4.79 Å². The molecular formula is C21H28N2O. The van der Waals surface area contributed by atoms with E-state index < -0.39 is 0 Å². The standard InChI is InChI=1S/C21H28N2O/c1-3-4-13-21(22-15-14-18-9-6-5-7-10-18)19-11-8-12-20(16-19)23-17(2)24/h5-12,16,21-22H,3-4,13-15H2,1-2H3,(H,23,24). The van der Waals surface area contributed by atoms with Gasteiger partial charge in [-0.25, -0.2) is 0 Å². The molecule has 1 atom stereocenters. The van der Waals surface area contributed by atoms with E-state index in [1.807, 2.05) is 12.1 Å². The van der Waals surface area contributed by atoms with Crippen molar-refractivity contribution in [2.24, 2.45) is 0 Å². The summed E-state index contributed by atoms with van der Waals surface area (Å²) in [6.07, 6.45) is 4.50. The van der Waals surface area contributed by atoms with Gasteiger partial charge in [-0.2, -0.15) is 0 Å². The minimum Gasteiger partial charge on any atom is -0.326 e. The summed E-state index contributed by atoms with van der Waals surface area (Å²) in [5.74, 6) is -0.0331. The fourth-order valence-electron chi connectivity index (χ4n) is 2.87. The van der Waals surface area contributed by atoms with Gasteiger partial charge in [-0.3, -0.25) is 4.79 Å². The highest BCUT2D eigenvalue weighted by Gasteiger charge is 2.11. The molecule has 2 aromatic rings. The van der Waals surface area contributed by atoms with Crippen molar-refractivity contribution in [1.82, 2.24) is 5.32 Å².